The summed E-state index contributed by atoms with van der Waals surface area (Å²) in [5.74, 6) is -1.97. The van der Waals surface area contributed by atoms with Gasteiger partial charge in [0.15, 0.2) is 0 Å². The minimum Gasteiger partial charge on any atom is -0.378 e. The molecule has 9 nitrogen and oxygen atoms in total. The van der Waals surface area contributed by atoms with Crippen molar-refractivity contribution >= 4 is 35.5 Å². The number of benzene rings is 3. The van der Waals surface area contributed by atoms with Gasteiger partial charge in [0.25, 0.3) is 17.5 Å². The number of amides is 2. The van der Waals surface area contributed by atoms with Crippen LogP contribution in [0.2, 0.25) is 0 Å². The summed E-state index contributed by atoms with van der Waals surface area (Å²) in [5.41, 5.74) is 4.28. The predicted octanol–water partition coefficient (Wildman–Crippen LogP) is 3.72. The summed E-state index contributed by atoms with van der Waals surface area (Å²) >= 11 is 0. The molecule has 2 N–H and O–H groups in total. The molecule has 178 valence electrons. The molecule has 3 aromatic rings. The third-order valence-electron chi connectivity index (χ3n) is 4.78. The number of hydrogen-bond acceptors (Lipinski definition) is 6. The van der Waals surface area contributed by atoms with E-state index in [1.165, 1.54) is 54.8 Å². The first-order valence-corrected chi connectivity index (χ1v) is 10.4. The maximum absolute atomic E-state index is 13.5. The largest absolute Gasteiger partial charge is 0.378 e. The van der Waals surface area contributed by atoms with Gasteiger partial charge in [0.2, 0.25) is 0 Å². The van der Waals surface area contributed by atoms with Crippen LogP contribution in [-0.4, -0.2) is 37.0 Å². The molecule has 0 spiro atoms. The highest BCUT2D eigenvalue weighted by Crippen LogP contribution is 2.15. The van der Waals surface area contributed by atoms with Crippen molar-refractivity contribution in [3.8, 4) is 0 Å². The number of nitro groups is 1. The molecule has 3 rings (SSSR count). The first kappa shape index (κ1) is 24.8. The summed E-state index contributed by atoms with van der Waals surface area (Å²) in [4.78, 5) is 37.6. The lowest BCUT2D eigenvalue weighted by atomic mass is 10.1. The number of anilines is 1. The average molecular weight is 475 g/mol. The Morgan fingerprint density at radius 1 is 1.00 bits per heavy atom. The van der Waals surface area contributed by atoms with Crippen molar-refractivity contribution in [1.29, 1.82) is 0 Å². The molecule has 0 fully saturated rings. The second kappa shape index (κ2) is 11.3. The molecule has 0 aliphatic heterocycles. The van der Waals surface area contributed by atoms with E-state index in [1.54, 1.807) is 12.1 Å². The monoisotopic (exact) mass is 475 g/mol. The van der Waals surface area contributed by atoms with E-state index in [1.807, 2.05) is 31.1 Å². The van der Waals surface area contributed by atoms with Crippen molar-refractivity contribution in [3.05, 3.63) is 111 Å². The standard InChI is InChI=1S/C25H22FN5O4/c1-30(2)21-10-6-17(7-11-21)14-23(28-24(32)19-4-3-5-20(26)15-19)25(33)29-27-16-18-8-12-22(13-9-18)31(34)35/h3-16H,1-2H3,(H,28,32)(H,29,33)/b23-14-,27-16+. The van der Waals surface area contributed by atoms with Crippen LogP contribution in [0.15, 0.2) is 83.6 Å². The predicted molar refractivity (Wildman–Crippen MR) is 131 cm³/mol. The molecule has 0 aliphatic carbocycles. The summed E-state index contributed by atoms with van der Waals surface area (Å²) in [6.07, 6.45) is 2.77. The highest BCUT2D eigenvalue weighted by atomic mass is 19.1. The molecule has 0 bridgehead atoms. The molecule has 0 radical (unpaired) electrons. The molecule has 10 heteroatoms. The van der Waals surface area contributed by atoms with Gasteiger partial charge in [0.05, 0.1) is 11.1 Å². The zero-order chi connectivity index (χ0) is 25.4. The third kappa shape index (κ3) is 7.06. The number of nitrogens with zero attached hydrogens (tertiary/aromatic N) is 3. The Balaban J connectivity index is 1.81. The number of nitro benzene ring substituents is 1. The van der Waals surface area contributed by atoms with Crippen molar-refractivity contribution < 1.29 is 18.9 Å². The summed E-state index contributed by atoms with van der Waals surface area (Å²) < 4.78 is 13.5. The van der Waals surface area contributed by atoms with Crippen molar-refractivity contribution in [2.24, 2.45) is 5.10 Å². The van der Waals surface area contributed by atoms with Crippen molar-refractivity contribution in [2.75, 3.05) is 19.0 Å². The number of hydrogen-bond donors (Lipinski definition) is 2. The van der Waals surface area contributed by atoms with Crippen molar-refractivity contribution in [1.82, 2.24) is 10.7 Å². The molecule has 0 heterocycles. The number of rotatable bonds is 8. The second-order valence-electron chi connectivity index (χ2n) is 7.56. The van der Waals surface area contributed by atoms with Gasteiger partial charge >= 0.3 is 0 Å². The molecular formula is C25H22FN5O4. The van der Waals surface area contributed by atoms with Crippen LogP contribution < -0.4 is 15.6 Å². The van der Waals surface area contributed by atoms with Crippen LogP contribution in [0, 0.1) is 15.9 Å². The van der Waals surface area contributed by atoms with E-state index in [-0.39, 0.29) is 16.9 Å². The van der Waals surface area contributed by atoms with Gasteiger partial charge < -0.3 is 10.2 Å². The lowest BCUT2D eigenvalue weighted by Gasteiger charge is -2.12. The molecule has 3 aromatic carbocycles. The molecule has 0 saturated carbocycles. The van der Waals surface area contributed by atoms with E-state index >= 15 is 0 Å². The van der Waals surface area contributed by atoms with Crippen molar-refractivity contribution in [3.63, 3.8) is 0 Å². The Bertz CT molecular complexity index is 1290. The van der Waals surface area contributed by atoms with E-state index in [4.69, 9.17) is 0 Å². The van der Waals surface area contributed by atoms with E-state index in [0.29, 0.717) is 11.1 Å². The summed E-state index contributed by atoms with van der Waals surface area (Å²) in [6, 6.07) is 17.9. The van der Waals surface area contributed by atoms with Gasteiger partial charge in [-0.25, -0.2) is 9.82 Å². The molecule has 0 atom stereocenters. The Hall–Kier alpha value is -4.86. The topological polar surface area (TPSA) is 117 Å². The SMILES string of the molecule is CN(C)c1ccc(/C=C(\NC(=O)c2cccc(F)c2)C(=O)N/N=C/c2ccc([N+](=O)[O-])cc2)cc1. The number of halogens is 1. The van der Waals surface area contributed by atoms with E-state index < -0.39 is 22.6 Å². The Kier molecular flexibility index (Phi) is 8.02. The zero-order valence-corrected chi connectivity index (χ0v) is 18.9. The van der Waals surface area contributed by atoms with Gasteiger partial charge in [-0.3, -0.25) is 19.7 Å². The molecule has 0 aromatic heterocycles. The molecule has 0 aliphatic rings. The van der Waals surface area contributed by atoms with Crippen LogP contribution in [-0.2, 0) is 4.79 Å². The molecular weight excluding hydrogens is 453 g/mol. The van der Waals surface area contributed by atoms with Gasteiger partial charge in [-0.1, -0.05) is 18.2 Å². The van der Waals surface area contributed by atoms with Crippen LogP contribution in [0.3, 0.4) is 0 Å². The van der Waals surface area contributed by atoms with Crippen LogP contribution in [0.5, 0.6) is 0 Å². The molecule has 2 amide bonds. The van der Waals surface area contributed by atoms with Gasteiger partial charge in [-0.15, -0.1) is 0 Å². The van der Waals surface area contributed by atoms with Crippen LogP contribution >= 0.6 is 0 Å². The summed E-state index contributed by atoms with van der Waals surface area (Å²) in [5, 5.41) is 17.1. The number of carbonyl (C=O) groups excluding carboxylic acids is 2. The smallest absolute Gasteiger partial charge is 0.287 e. The quantitative estimate of drug-likeness (QED) is 0.223. The van der Waals surface area contributed by atoms with Gasteiger partial charge in [-0.2, -0.15) is 5.10 Å². The fraction of sp³-hybridized carbons (Fsp3) is 0.0800. The molecule has 35 heavy (non-hydrogen) atoms. The van der Waals surface area contributed by atoms with E-state index in [9.17, 15) is 24.1 Å². The molecule has 0 saturated heterocycles. The van der Waals surface area contributed by atoms with Gasteiger partial charge in [0.1, 0.15) is 11.5 Å². The first-order valence-electron chi connectivity index (χ1n) is 10.4. The number of non-ortho nitro benzene ring substituents is 1. The Morgan fingerprint density at radius 3 is 2.26 bits per heavy atom. The zero-order valence-electron chi connectivity index (χ0n) is 18.9. The fourth-order valence-electron chi connectivity index (χ4n) is 2.93. The van der Waals surface area contributed by atoms with Crippen LogP contribution in [0.4, 0.5) is 15.8 Å². The van der Waals surface area contributed by atoms with Gasteiger partial charge in [0, 0.05) is 37.5 Å². The maximum atomic E-state index is 13.5. The Morgan fingerprint density at radius 2 is 1.66 bits per heavy atom. The lowest BCUT2D eigenvalue weighted by molar-refractivity contribution is -0.384. The number of nitrogens with one attached hydrogen (secondary N) is 2. The second-order valence-corrected chi connectivity index (χ2v) is 7.56. The fourth-order valence-corrected chi connectivity index (χ4v) is 2.93. The number of hydrazone groups is 1. The minimum absolute atomic E-state index is 0.0426. The number of carbonyl (C=O) groups is 2. The van der Waals surface area contributed by atoms with Gasteiger partial charge in [-0.05, 0) is 59.7 Å². The lowest BCUT2D eigenvalue weighted by Crippen LogP contribution is -2.32. The van der Waals surface area contributed by atoms with Crippen molar-refractivity contribution in [2.45, 2.75) is 0 Å². The average Bonchev–Trinajstić information content (AvgIpc) is 2.84. The first-order chi connectivity index (χ1) is 16.7. The van der Waals surface area contributed by atoms with E-state index in [2.05, 4.69) is 15.8 Å². The van der Waals surface area contributed by atoms with Crippen LogP contribution in [0.25, 0.3) is 6.08 Å². The minimum atomic E-state index is -0.718. The van der Waals surface area contributed by atoms with E-state index in [0.717, 1.165) is 11.8 Å². The van der Waals surface area contributed by atoms with Crippen LogP contribution in [0.1, 0.15) is 21.5 Å². The summed E-state index contributed by atoms with van der Waals surface area (Å²) in [7, 11) is 3.79. The highest BCUT2D eigenvalue weighted by molar-refractivity contribution is 6.05. The highest BCUT2D eigenvalue weighted by Gasteiger charge is 2.15. The Labute approximate surface area is 200 Å². The normalized spacial score (nSPS) is 11.2. The third-order valence-corrected chi connectivity index (χ3v) is 4.78. The maximum Gasteiger partial charge on any atom is 0.287 e. The summed E-state index contributed by atoms with van der Waals surface area (Å²) in [6.45, 7) is 0. The molecule has 0 unspecified atom stereocenters.